The first-order valence-electron chi connectivity index (χ1n) is 11.7. The summed E-state index contributed by atoms with van der Waals surface area (Å²) in [7, 11) is -3.50. The molecule has 8 heteroatoms. The van der Waals surface area contributed by atoms with Crippen molar-refractivity contribution in [3.05, 3.63) is 88.5 Å². The van der Waals surface area contributed by atoms with Crippen LogP contribution in [0.15, 0.2) is 69.9 Å². The number of fused-ring (bicyclic) bond motifs is 2. The first-order valence-corrected chi connectivity index (χ1v) is 13.2. The molecule has 0 radical (unpaired) electrons. The van der Waals surface area contributed by atoms with Crippen LogP contribution in [0.25, 0.3) is 0 Å². The predicted molar refractivity (Wildman–Crippen MR) is 134 cm³/mol. The number of anilines is 1. The van der Waals surface area contributed by atoms with E-state index >= 15 is 0 Å². The fourth-order valence-corrected chi connectivity index (χ4v) is 6.08. The van der Waals surface area contributed by atoms with Crippen molar-refractivity contribution in [3.63, 3.8) is 0 Å². The standard InChI is InChI=1S/C27H26N4O3S/c28-18-29-35(33,23-14-12-22(13-15-23)34-17-19-6-2-1-3-7-19)31-27(32)30-26-24-10-4-8-20(24)16-21-9-5-11-25(21)26/h1-3,6-7,12-16H,4-5,8-11,17H2,(H2,29,30,31,32,33). The Bertz CT molecular complexity index is 1390. The first kappa shape index (κ1) is 22.9. The number of hydrogen-bond acceptors (Lipinski definition) is 5. The molecule has 3 aromatic carbocycles. The molecule has 2 amide bonds. The molecule has 0 aliphatic heterocycles. The lowest BCUT2D eigenvalue weighted by atomic mass is 9.99. The van der Waals surface area contributed by atoms with Crippen LogP contribution in [0.4, 0.5) is 10.5 Å². The number of hydrogen-bond donors (Lipinski definition) is 2. The summed E-state index contributed by atoms with van der Waals surface area (Å²) in [6.07, 6.45) is 7.58. The second kappa shape index (κ2) is 9.80. The number of aryl methyl sites for hydroxylation is 2. The Kier molecular flexibility index (Phi) is 6.43. The molecule has 1 unspecified atom stereocenters. The van der Waals surface area contributed by atoms with E-state index in [0.717, 1.165) is 49.8 Å². The van der Waals surface area contributed by atoms with Crippen LogP contribution in [0.5, 0.6) is 5.75 Å². The molecule has 0 aromatic heterocycles. The van der Waals surface area contributed by atoms with E-state index in [4.69, 9.17) is 4.74 Å². The molecule has 35 heavy (non-hydrogen) atoms. The maximum Gasteiger partial charge on any atom is 0.331 e. The molecule has 0 heterocycles. The van der Waals surface area contributed by atoms with Crippen molar-refractivity contribution in [2.75, 3.05) is 5.32 Å². The zero-order chi connectivity index (χ0) is 24.3. The molecule has 3 aromatic rings. The van der Waals surface area contributed by atoms with Gasteiger partial charge in [0.1, 0.15) is 12.4 Å². The lowest BCUT2D eigenvalue weighted by molar-refractivity contribution is 0.256. The number of nitrogens with one attached hydrogen (secondary N) is 2. The van der Waals surface area contributed by atoms with E-state index in [1.807, 2.05) is 30.3 Å². The molecule has 0 saturated heterocycles. The molecule has 178 valence electrons. The Labute approximate surface area is 205 Å². The van der Waals surface area contributed by atoms with Gasteiger partial charge in [0.15, 0.2) is 9.92 Å². The highest BCUT2D eigenvalue weighted by Crippen LogP contribution is 2.38. The smallest absolute Gasteiger partial charge is 0.331 e. The van der Waals surface area contributed by atoms with E-state index in [2.05, 4.69) is 20.5 Å². The molecule has 0 bridgehead atoms. The normalized spacial score (nSPS) is 15.3. The summed E-state index contributed by atoms with van der Waals surface area (Å²) in [5.41, 5.74) is 6.78. The summed E-state index contributed by atoms with van der Waals surface area (Å²) in [6, 6.07) is 17.8. The molecular weight excluding hydrogens is 460 g/mol. The Morgan fingerprint density at radius 1 is 0.971 bits per heavy atom. The van der Waals surface area contributed by atoms with Crippen molar-refractivity contribution in [1.29, 1.82) is 5.26 Å². The van der Waals surface area contributed by atoms with Gasteiger partial charge in [-0.2, -0.15) is 5.26 Å². The highest BCUT2D eigenvalue weighted by atomic mass is 32.2. The highest BCUT2D eigenvalue weighted by molar-refractivity contribution is 7.92. The van der Waals surface area contributed by atoms with Gasteiger partial charge in [0, 0.05) is 5.69 Å². The average Bonchev–Trinajstić information content (AvgIpc) is 3.53. The summed E-state index contributed by atoms with van der Waals surface area (Å²) in [6.45, 7) is 0.393. The van der Waals surface area contributed by atoms with Crippen molar-refractivity contribution in [2.24, 2.45) is 4.36 Å². The number of rotatable bonds is 6. The Morgan fingerprint density at radius 3 is 2.26 bits per heavy atom. The predicted octanol–water partition coefficient (Wildman–Crippen LogP) is 5.29. The van der Waals surface area contributed by atoms with E-state index in [0.29, 0.717) is 12.4 Å². The molecule has 2 aliphatic carbocycles. The van der Waals surface area contributed by atoms with Gasteiger partial charge in [0.05, 0.1) is 4.90 Å². The molecule has 1 atom stereocenters. The zero-order valence-electron chi connectivity index (χ0n) is 19.3. The van der Waals surface area contributed by atoms with Crippen LogP contribution in [0.3, 0.4) is 0 Å². The second-order valence-electron chi connectivity index (χ2n) is 8.75. The van der Waals surface area contributed by atoms with Crippen LogP contribution in [0.2, 0.25) is 0 Å². The molecule has 0 fully saturated rings. The van der Waals surface area contributed by atoms with E-state index < -0.39 is 15.9 Å². The fraction of sp³-hybridized carbons (Fsp3) is 0.259. The largest absolute Gasteiger partial charge is 0.489 e. The molecule has 0 spiro atoms. The van der Waals surface area contributed by atoms with Crippen molar-refractivity contribution in [1.82, 2.24) is 4.72 Å². The number of carbonyl (C=O) groups excluding carboxylic acids is 1. The number of benzene rings is 3. The van der Waals surface area contributed by atoms with E-state index in [9.17, 15) is 14.3 Å². The fourth-order valence-electron chi connectivity index (χ4n) is 4.89. The summed E-state index contributed by atoms with van der Waals surface area (Å²) < 4.78 is 25.4. The highest BCUT2D eigenvalue weighted by Gasteiger charge is 2.26. The molecule has 0 saturated carbocycles. The number of ether oxygens (including phenoxy) is 1. The summed E-state index contributed by atoms with van der Waals surface area (Å²) in [5, 5.41) is 12.1. The van der Waals surface area contributed by atoms with Crippen LogP contribution >= 0.6 is 0 Å². The topological polar surface area (TPSA) is 104 Å². The van der Waals surface area contributed by atoms with Gasteiger partial charge in [0.2, 0.25) is 6.19 Å². The first-order chi connectivity index (χ1) is 17.1. The van der Waals surface area contributed by atoms with Gasteiger partial charge in [-0.05, 0) is 90.6 Å². The summed E-state index contributed by atoms with van der Waals surface area (Å²) in [4.78, 5) is 13.2. The van der Waals surface area contributed by atoms with Crippen molar-refractivity contribution in [3.8, 4) is 11.9 Å². The lowest BCUT2D eigenvalue weighted by Gasteiger charge is -2.17. The van der Waals surface area contributed by atoms with Crippen LogP contribution in [-0.4, -0.2) is 10.2 Å². The van der Waals surface area contributed by atoms with Gasteiger partial charge in [0.25, 0.3) is 0 Å². The summed E-state index contributed by atoms with van der Waals surface area (Å²) >= 11 is 0. The number of nitrogens with zero attached hydrogens (tertiary/aromatic N) is 2. The third kappa shape index (κ3) is 4.86. The van der Waals surface area contributed by atoms with Crippen molar-refractivity contribution in [2.45, 2.75) is 50.0 Å². The van der Waals surface area contributed by atoms with E-state index in [1.165, 1.54) is 22.3 Å². The monoisotopic (exact) mass is 486 g/mol. The Hall–Kier alpha value is -3.83. The number of amides is 2. The van der Waals surface area contributed by atoms with Crippen molar-refractivity contribution >= 4 is 21.6 Å². The van der Waals surface area contributed by atoms with E-state index in [1.54, 1.807) is 30.5 Å². The molecule has 7 nitrogen and oxygen atoms in total. The minimum atomic E-state index is -3.50. The molecule has 5 rings (SSSR count). The Balaban J connectivity index is 1.33. The van der Waals surface area contributed by atoms with E-state index in [-0.39, 0.29) is 4.90 Å². The van der Waals surface area contributed by atoms with Crippen molar-refractivity contribution < 1.29 is 13.7 Å². The van der Waals surface area contributed by atoms with Gasteiger partial charge in [-0.25, -0.2) is 13.7 Å². The minimum Gasteiger partial charge on any atom is -0.489 e. The summed E-state index contributed by atoms with van der Waals surface area (Å²) in [5.74, 6) is 0.580. The maximum absolute atomic E-state index is 13.5. The molecule has 2 aliphatic rings. The number of urea groups is 1. The van der Waals surface area contributed by atoms with Gasteiger partial charge in [-0.1, -0.05) is 40.8 Å². The van der Waals surface area contributed by atoms with Gasteiger partial charge in [-0.3, -0.25) is 0 Å². The maximum atomic E-state index is 13.5. The second-order valence-corrected chi connectivity index (χ2v) is 10.7. The third-order valence-electron chi connectivity index (χ3n) is 6.50. The number of nitriles is 1. The number of carbonyl (C=O) groups is 1. The average molecular weight is 487 g/mol. The Morgan fingerprint density at radius 2 is 1.63 bits per heavy atom. The van der Waals surface area contributed by atoms with Crippen LogP contribution in [-0.2, 0) is 42.2 Å². The van der Waals surface area contributed by atoms with Crippen LogP contribution in [0.1, 0.15) is 40.7 Å². The van der Waals surface area contributed by atoms with Crippen LogP contribution in [0, 0.1) is 11.5 Å². The van der Waals surface area contributed by atoms with Gasteiger partial charge in [-0.15, -0.1) is 0 Å². The SMILES string of the molecule is N#CN=S(=O)(NC(=O)Nc1c2c(cc3c1CCC3)CCC2)c1ccc(OCc2ccccc2)cc1. The van der Waals surface area contributed by atoms with Crippen LogP contribution < -0.4 is 14.8 Å². The van der Waals surface area contributed by atoms with Gasteiger partial charge < -0.3 is 10.1 Å². The zero-order valence-corrected chi connectivity index (χ0v) is 20.1. The lowest BCUT2D eigenvalue weighted by Crippen LogP contribution is -2.34. The molecular formula is C27H26N4O3S. The van der Waals surface area contributed by atoms with Gasteiger partial charge >= 0.3 is 6.03 Å². The molecule has 2 N–H and O–H groups in total. The third-order valence-corrected chi connectivity index (χ3v) is 8.22. The quantitative estimate of drug-likeness (QED) is 0.462. The minimum absolute atomic E-state index is 0.227.